The van der Waals surface area contributed by atoms with E-state index < -0.39 is 46.3 Å². The number of benzene rings is 2. The number of fused-ring (bicyclic) bond motifs is 3. The van der Waals surface area contributed by atoms with Gasteiger partial charge < -0.3 is 9.84 Å². The van der Waals surface area contributed by atoms with E-state index in [1.165, 1.54) is 42.5 Å². The number of carbonyl (C=O) groups is 1. The zero-order valence-corrected chi connectivity index (χ0v) is 17.5. The van der Waals surface area contributed by atoms with Crippen LogP contribution in [0.3, 0.4) is 0 Å². The SMILES string of the molecule is CCc1ccc2c(c1)C1(C(F)(F)F)OCC(C(=O)O)C1N2S(=O)(=O)c1ccc(C)cc1. The number of alkyl halides is 3. The number of sulfonamides is 1. The monoisotopic (exact) mass is 455 g/mol. The van der Waals surface area contributed by atoms with Crippen molar-refractivity contribution in [3.8, 4) is 0 Å². The fourth-order valence-corrected chi connectivity index (χ4v) is 6.12. The van der Waals surface area contributed by atoms with Crippen LogP contribution >= 0.6 is 0 Å². The molecule has 0 spiro atoms. The van der Waals surface area contributed by atoms with Crippen LogP contribution in [0.1, 0.15) is 23.6 Å². The molecule has 31 heavy (non-hydrogen) atoms. The lowest BCUT2D eigenvalue weighted by Crippen LogP contribution is -2.55. The molecule has 6 nitrogen and oxygen atoms in total. The van der Waals surface area contributed by atoms with Crippen molar-refractivity contribution in [2.45, 2.75) is 43.0 Å². The molecular formula is C21H20F3NO5S. The molecule has 2 aliphatic heterocycles. The van der Waals surface area contributed by atoms with Crippen LogP contribution in [0.15, 0.2) is 47.4 Å². The molecule has 3 unspecified atom stereocenters. The molecule has 0 amide bonds. The van der Waals surface area contributed by atoms with Crippen molar-refractivity contribution in [1.29, 1.82) is 0 Å². The summed E-state index contributed by atoms with van der Waals surface area (Å²) in [5.41, 5.74) is -2.33. The lowest BCUT2D eigenvalue weighted by molar-refractivity contribution is -0.269. The molecule has 0 aromatic heterocycles. The number of aryl methyl sites for hydroxylation is 2. The van der Waals surface area contributed by atoms with Crippen molar-refractivity contribution in [3.63, 3.8) is 0 Å². The second-order valence-electron chi connectivity index (χ2n) is 7.75. The Balaban J connectivity index is 2.03. The molecule has 1 fully saturated rings. The van der Waals surface area contributed by atoms with Gasteiger partial charge in [-0.15, -0.1) is 0 Å². The van der Waals surface area contributed by atoms with Gasteiger partial charge in [-0.05, 0) is 37.1 Å². The number of carboxylic acids is 1. The van der Waals surface area contributed by atoms with Gasteiger partial charge in [-0.25, -0.2) is 8.42 Å². The molecule has 1 saturated heterocycles. The van der Waals surface area contributed by atoms with E-state index >= 15 is 0 Å². The van der Waals surface area contributed by atoms with E-state index in [4.69, 9.17) is 4.74 Å². The van der Waals surface area contributed by atoms with Gasteiger partial charge in [-0.3, -0.25) is 9.10 Å². The summed E-state index contributed by atoms with van der Waals surface area (Å²) in [6.45, 7) is 2.74. The maximum absolute atomic E-state index is 14.5. The van der Waals surface area contributed by atoms with Crippen LogP contribution in [0.5, 0.6) is 0 Å². The molecule has 2 aromatic rings. The van der Waals surface area contributed by atoms with E-state index in [1.807, 2.05) is 0 Å². The van der Waals surface area contributed by atoms with Crippen molar-refractivity contribution in [3.05, 3.63) is 59.2 Å². The molecule has 2 heterocycles. The summed E-state index contributed by atoms with van der Waals surface area (Å²) in [4.78, 5) is 11.6. The first-order valence-corrected chi connectivity index (χ1v) is 11.1. The first-order valence-electron chi connectivity index (χ1n) is 9.63. The van der Waals surface area contributed by atoms with Gasteiger partial charge in [0, 0.05) is 5.56 Å². The van der Waals surface area contributed by atoms with Gasteiger partial charge in [-0.2, -0.15) is 13.2 Å². The number of hydrogen-bond acceptors (Lipinski definition) is 4. The fourth-order valence-electron chi connectivity index (χ4n) is 4.40. The summed E-state index contributed by atoms with van der Waals surface area (Å²) >= 11 is 0. The van der Waals surface area contributed by atoms with Gasteiger partial charge >= 0.3 is 12.1 Å². The molecule has 0 radical (unpaired) electrons. The van der Waals surface area contributed by atoms with Gasteiger partial charge in [0.2, 0.25) is 5.60 Å². The Kier molecular flexibility index (Phi) is 4.86. The molecule has 166 valence electrons. The van der Waals surface area contributed by atoms with Crippen molar-refractivity contribution in [2.24, 2.45) is 5.92 Å². The number of anilines is 1. The molecule has 2 aromatic carbocycles. The average Bonchev–Trinajstić information content (AvgIpc) is 3.22. The minimum Gasteiger partial charge on any atom is -0.481 e. The first-order chi connectivity index (χ1) is 14.4. The van der Waals surface area contributed by atoms with E-state index in [1.54, 1.807) is 13.8 Å². The number of nitrogens with zero attached hydrogens (tertiary/aromatic N) is 1. The largest absolute Gasteiger partial charge is 0.481 e. The second-order valence-corrected chi connectivity index (χ2v) is 9.57. The minimum absolute atomic E-state index is 0.217. The summed E-state index contributed by atoms with van der Waals surface area (Å²) in [7, 11) is -4.52. The highest BCUT2D eigenvalue weighted by Crippen LogP contribution is 2.61. The predicted molar refractivity (Wildman–Crippen MR) is 105 cm³/mol. The molecule has 4 rings (SSSR count). The second kappa shape index (κ2) is 6.96. The van der Waals surface area contributed by atoms with Crippen molar-refractivity contribution < 1.29 is 36.2 Å². The van der Waals surface area contributed by atoms with Crippen LogP contribution in [0, 0.1) is 12.8 Å². The Morgan fingerprint density at radius 1 is 1.23 bits per heavy atom. The van der Waals surface area contributed by atoms with Crippen LogP contribution < -0.4 is 4.31 Å². The van der Waals surface area contributed by atoms with Crippen LogP contribution in [0.4, 0.5) is 18.9 Å². The summed E-state index contributed by atoms with van der Waals surface area (Å²) in [6.07, 6.45) is -4.63. The van der Waals surface area contributed by atoms with Crippen LogP contribution in [0.25, 0.3) is 0 Å². The normalized spacial score (nSPS) is 25.4. The Morgan fingerprint density at radius 3 is 2.42 bits per heavy atom. The van der Waals surface area contributed by atoms with Gasteiger partial charge in [0.1, 0.15) is 12.0 Å². The van der Waals surface area contributed by atoms with E-state index in [0.717, 1.165) is 5.56 Å². The summed E-state index contributed by atoms with van der Waals surface area (Å²) < 4.78 is 76.5. The number of rotatable bonds is 4. The minimum atomic E-state index is -5.04. The number of carboxylic acid groups (broad SMARTS) is 1. The molecule has 2 aliphatic rings. The summed E-state index contributed by atoms with van der Waals surface area (Å²) in [6, 6.07) is 7.75. The van der Waals surface area contributed by atoms with Crippen LogP contribution in [-0.2, 0) is 31.6 Å². The first kappa shape index (κ1) is 21.6. The maximum atomic E-state index is 14.5. The lowest BCUT2D eigenvalue weighted by Gasteiger charge is -2.34. The zero-order chi connectivity index (χ0) is 22.8. The number of halogens is 3. The Bertz CT molecular complexity index is 1150. The number of aliphatic carboxylic acids is 1. The van der Waals surface area contributed by atoms with Crippen molar-refractivity contribution in [1.82, 2.24) is 0 Å². The third kappa shape index (κ3) is 2.95. The van der Waals surface area contributed by atoms with Gasteiger partial charge in [0.15, 0.2) is 0 Å². The molecule has 0 aliphatic carbocycles. The van der Waals surface area contributed by atoms with Gasteiger partial charge in [-0.1, -0.05) is 36.8 Å². The molecule has 0 saturated carbocycles. The highest BCUT2D eigenvalue weighted by Gasteiger charge is 2.75. The van der Waals surface area contributed by atoms with E-state index in [9.17, 15) is 31.5 Å². The molecule has 10 heteroatoms. The van der Waals surface area contributed by atoms with Crippen molar-refractivity contribution >= 4 is 21.7 Å². The standard InChI is InChI=1S/C21H20F3NO5S/c1-3-13-6-9-17-16(10-13)20(21(22,23)24)18(15(11-30-20)19(26)27)25(17)31(28,29)14-7-4-12(2)5-8-14/h4-10,15,18H,3,11H2,1-2H3,(H,26,27). The van der Waals surface area contributed by atoms with Crippen LogP contribution in [-0.4, -0.2) is 38.3 Å². The van der Waals surface area contributed by atoms with Gasteiger partial charge in [0.25, 0.3) is 10.0 Å². The van der Waals surface area contributed by atoms with E-state index in [0.29, 0.717) is 16.3 Å². The van der Waals surface area contributed by atoms with Crippen LogP contribution in [0.2, 0.25) is 0 Å². The smallest absolute Gasteiger partial charge is 0.423 e. The highest BCUT2D eigenvalue weighted by molar-refractivity contribution is 7.92. The lowest BCUT2D eigenvalue weighted by atomic mass is 9.84. The zero-order valence-electron chi connectivity index (χ0n) is 16.7. The maximum Gasteiger partial charge on any atom is 0.423 e. The third-order valence-electron chi connectivity index (χ3n) is 5.96. The van der Waals surface area contributed by atoms with E-state index in [2.05, 4.69) is 0 Å². The predicted octanol–water partition coefficient (Wildman–Crippen LogP) is 3.62. The molecular weight excluding hydrogens is 435 g/mol. The average molecular weight is 455 g/mol. The molecule has 0 bridgehead atoms. The Hall–Kier alpha value is -2.59. The Morgan fingerprint density at radius 2 is 1.87 bits per heavy atom. The van der Waals surface area contributed by atoms with Crippen molar-refractivity contribution in [2.75, 3.05) is 10.9 Å². The topological polar surface area (TPSA) is 83.9 Å². The number of hydrogen-bond donors (Lipinski definition) is 1. The third-order valence-corrected chi connectivity index (χ3v) is 7.77. The van der Waals surface area contributed by atoms with E-state index in [-0.39, 0.29) is 16.1 Å². The van der Waals surface area contributed by atoms with Gasteiger partial charge in [0.05, 0.1) is 17.2 Å². The highest BCUT2D eigenvalue weighted by atomic mass is 32.2. The Labute approximate surface area is 177 Å². The number of ether oxygens (including phenoxy) is 1. The fraction of sp³-hybridized carbons (Fsp3) is 0.381. The molecule has 3 atom stereocenters. The molecule has 1 N–H and O–H groups in total. The quantitative estimate of drug-likeness (QED) is 0.761. The summed E-state index contributed by atoms with van der Waals surface area (Å²) in [5.74, 6) is -3.25. The summed E-state index contributed by atoms with van der Waals surface area (Å²) in [5, 5.41) is 9.64.